The van der Waals surface area contributed by atoms with Crippen LogP contribution >= 0.6 is 0 Å². The van der Waals surface area contributed by atoms with Gasteiger partial charge in [-0.05, 0) is 93.4 Å². The van der Waals surface area contributed by atoms with Gasteiger partial charge in [0.25, 0.3) is 0 Å². The Hall–Kier alpha value is -2.03. The van der Waals surface area contributed by atoms with Crippen molar-refractivity contribution in [3.05, 3.63) is 47.9 Å². The van der Waals surface area contributed by atoms with E-state index in [1.54, 1.807) is 11.1 Å². The molecule has 1 aromatic heterocycles. The molecule has 2 fully saturated rings. The Labute approximate surface area is 175 Å². The normalized spacial score (nSPS) is 22.9. The third kappa shape index (κ3) is 3.43. The minimum Gasteiger partial charge on any atom is -0.343 e. The number of anilines is 1. The number of benzene rings is 1. The monoisotopic (exact) mass is 389 g/mol. The number of fused-ring (bicyclic) bond motifs is 1. The van der Waals surface area contributed by atoms with E-state index in [4.69, 9.17) is 5.10 Å². The molecule has 29 heavy (non-hydrogen) atoms. The fourth-order valence-electron chi connectivity index (χ4n) is 5.52. The molecule has 0 radical (unpaired) electrons. The van der Waals surface area contributed by atoms with Crippen LogP contribution in [0.25, 0.3) is 11.1 Å². The lowest BCUT2D eigenvalue weighted by molar-refractivity contribution is 0.147. The Balaban J connectivity index is 1.57. The van der Waals surface area contributed by atoms with E-state index in [9.17, 15) is 0 Å². The van der Waals surface area contributed by atoms with E-state index < -0.39 is 0 Å². The predicted molar refractivity (Wildman–Crippen MR) is 121 cm³/mol. The van der Waals surface area contributed by atoms with Crippen LogP contribution in [0, 0.1) is 5.41 Å². The summed E-state index contributed by atoms with van der Waals surface area (Å²) in [6.07, 6.45) is 16.0. The van der Waals surface area contributed by atoms with Crippen LogP contribution in [0.4, 0.5) is 5.69 Å². The highest BCUT2D eigenvalue weighted by atomic mass is 15.3. The van der Waals surface area contributed by atoms with Crippen molar-refractivity contribution in [2.45, 2.75) is 90.6 Å². The molecule has 3 heteroatoms. The second-order valence-corrected chi connectivity index (χ2v) is 10.2. The van der Waals surface area contributed by atoms with Gasteiger partial charge in [-0.25, -0.2) is 0 Å². The number of rotatable bonds is 6. The van der Waals surface area contributed by atoms with Crippen molar-refractivity contribution >= 4 is 5.69 Å². The molecule has 0 unspecified atom stereocenters. The van der Waals surface area contributed by atoms with Gasteiger partial charge < -0.3 is 4.90 Å². The number of aromatic nitrogens is 2. The van der Waals surface area contributed by atoms with Gasteiger partial charge in [-0.15, -0.1) is 0 Å². The Morgan fingerprint density at radius 1 is 1.24 bits per heavy atom. The molecule has 3 aliphatic rings. The van der Waals surface area contributed by atoms with E-state index in [0.29, 0.717) is 17.5 Å². The van der Waals surface area contributed by atoms with Gasteiger partial charge in [-0.3, -0.25) is 4.68 Å². The van der Waals surface area contributed by atoms with Gasteiger partial charge in [0.2, 0.25) is 0 Å². The fourth-order valence-corrected chi connectivity index (χ4v) is 5.52. The maximum atomic E-state index is 4.69. The summed E-state index contributed by atoms with van der Waals surface area (Å²) in [5.74, 6) is 0. The summed E-state index contributed by atoms with van der Waals surface area (Å²) in [4.78, 5) is 2.46. The third-order valence-electron chi connectivity index (χ3n) is 7.70. The molecule has 5 rings (SSSR count). The zero-order valence-corrected chi connectivity index (χ0v) is 18.4. The number of hydrogen-bond donors (Lipinski definition) is 0. The summed E-state index contributed by atoms with van der Waals surface area (Å²) in [7, 11) is 0. The second kappa shape index (κ2) is 7.04. The Bertz CT molecular complexity index is 929. The SMILES string of the molecule is C=C(C)N1c2ccc(-c3cnn(C4CC4)c3)c(CCC3(C)CCC3)c2CC[C@@H]1C. The lowest BCUT2D eigenvalue weighted by Crippen LogP contribution is -2.36. The van der Waals surface area contributed by atoms with E-state index >= 15 is 0 Å². The number of hydrogen-bond acceptors (Lipinski definition) is 2. The van der Waals surface area contributed by atoms with E-state index in [0.717, 1.165) is 5.70 Å². The van der Waals surface area contributed by atoms with Crippen molar-refractivity contribution in [1.29, 1.82) is 0 Å². The summed E-state index contributed by atoms with van der Waals surface area (Å²) in [6.45, 7) is 11.3. The highest BCUT2D eigenvalue weighted by Gasteiger charge is 2.33. The van der Waals surface area contributed by atoms with Gasteiger partial charge in [0.05, 0.1) is 12.2 Å². The third-order valence-corrected chi connectivity index (χ3v) is 7.70. The summed E-state index contributed by atoms with van der Waals surface area (Å²) in [5, 5.41) is 4.69. The summed E-state index contributed by atoms with van der Waals surface area (Å²) in [5.41, 5.74) is 8.94. The second-order valence-electron chi connectivity index (χ2n) is 10.2. The zero-order chi connectivity index (χ0) is 20.2. The molecule has 0 spiro atoms. The first-order valence-corrected chi connectivity index (χ1v) is 11.6. The minimum atomic E-state index is 0.528. The van der Waals surface area contributed by atoms with Crippen LogP contribution in [0.2, 0.25) is 0 Å². The summed E-state index contributed by atoms with van der Waals surface area (Å²) >= 11 is 0. The molecule has 1 aliphatic heterocycles. The van der Waals surface area contributed by atoms with Crippen molar-refractivity contribution in [2.24, 2.45) is 5.41 Å². The van der Waals surface area contributed by atoms with Crippen LogP contribution < -0.4 is 4.90 Å². The molecule has 1 aromatic carbocycles. The fraction of sp³-hybridized carbons (Fsp3) is 0.577. The molecule has 1 atom stereocenters. The van der Waals surface area contributed by atoms with E-state index in [2.05, 4.69) is 61.5 Å². The molecule has 0 saturated heterocycles. The van der Waals surface area contributed by atoms with Crippen LogP contribution in [0.5, 0.6) is 0 Å². The maximum Gasteiger partial charge on any atom is 0.0568 e. The van der Waals surface area contributed by atoms with Gasteiger partial charge in [0.1, 0.15) is 0 Å². The molecular formula is C26H35N3. The average molecular weight is 390 g/mol. The lowest BCUT2D eigenvalue weighted by Gasteiger charge is -2.41. The minimum absolute atomic E-state index is 0.528. The van der Waals surface area contributed by atoms with Crippen LogP contribution in [-0.2, 0) is 12.8 Å². The molecule has 3 nitrogen and oxygen atoms in total. The standard InChI is InChI=1S/C26H35N3/c1-18(2)29-19(3)6-9-24-23(12-15-26(4)13-5-14-26)22(10-11-25(24)29)20-16-27-28(17-20)21-7-8-21/h10-11,16-17,19,21H,1,5-9,12-15H2,2-4H3/t19-/m0/s1. The van der Waals surface area contributed by atoms with Gasteiger partial charge in [-0.2, -0.15) is 5.10 Å². The van der Waals surface area contributed by atoms with Gasteiger partial charge >= 0.3 is 0 Å². The molecule has 0 N–H and O–H groups in total. The average Bonchev–Trinajstić information content (AvgIpc) is 3.41. The van der Waals surface area contributed by atoms with Gasteiger partial charge in [0.15, 0.2) is 0 Å². The highest BCUT2D eigenvalue weighted by Crippen LogP contribution is 2.46. The molecule has 2 saturated carbocycles. The van der Waals surface area contributed by atoms with Crippen molar-refractivity contribution in [1.82, 2.24) is 9.78 Å². The first-order chi connectivity index (χ1) is 14.0. The van der Waals surface area contributed by atoms with Crippen molar-refractivity contribution in [2.75, 3.05) is 4.90 Å². The number of nitrogens with zero attached hydrogens (tertiary/aromatic N) is 3. The summed E-state index contributed by atoms with van der Waals surface area (Å²) < 4.78 is 2.19. The van der Waals surface area contributed by atoms with Crippen LogP contribution in [-0.4, -0.2) is 15.8 Å². The van der Waals surface area contributed by atoms with Crippen molar-refractivity contribution < 1.29 is 0 Å². The van der Waals surface area contributed by atoms with Crippen LogP contribution in [0.3, 0.4) is 0 Å². The van der Waals surface area contributed by atoms with E-state index in [-0.39, 0.29) is 0 Å². The molecule has 2 aliphatic carbocycles. The van der Waals surface area contributed by atoms with Crippen LogP contribution in [0.15, 0.2) is 36.8 Å². The van der Waals surface area contributed by atoms with Crippen LogP contribution in [0.1, 0.15) is 82.9 Å². The summed E-state index contributed by atoms with van der Waals surface area (Å²) in [6, 6.07) is 5.87. The molecule has 0 bridgehead atoms. The Morgan fingerprint density at radius 2 is 2.03 bits per heavy atom. The number of allylic oxidation sites excluding steroid dienone is 1. The first kappa shape index (κ1) is 19.0. The largest absolute Gasteiger partial charge is 0.343 e. The van der Waals surface area contributed by atoms with E-state index in [1.165, 1.54) is 74.6 Å². The zero-order valence-electron chi connectivity index (χ0n) is 18.4. The Morgan fingerprint density at radius 3 is 2.69 bits per heavy atom. The molecule has 0 amide bonds. The first-order valence-electron chi connectivity index (χ1n) is 11.6. The highest BCUT2D eigenvalue weighted by molar-refractivity contribution is 5.75. The Kier molecular flexibility index (Phi) is 4.60. The maximum absolute atomic E-state index is 4.69. The smallest absolute Gasteiger partial charge is 0.0568 e. The van der Waals surface area contributed by atoms with Crippen molar-refractivity contribution in [3.63, 3.8) is 0 Å². The molecule has 2 heterocycles. The van der Waals surface area contributed by atoms with E-state index in [1.807, 2.05) is 0 Å². The molecule has 154 valence electrons. The predicted octanol–water partition coefficient (Wildman–Crippen LogP) is 6.68. The molecular weight excluding hydrogens is 354 g/mol. The van der Waals surface area contributed by atoms with Gasteiger partial charge in [-0.1, -0.05) is 26.0 Å². The van der Waals surface area contributed by atoms with Gasteiger partial charge in [0, 0.05) is 29.2 Å². The lowest BCUT2D eigenvalue weighted by atomic mass is 9.67. The molecule has 2 aromatic rings. The topological polar surface area (TPSA) is 21.1 Å². The van der Waals surface area contributed by atoms with Crippen molar-refractivity contribution in [3.8, 4) is 11.1 Å². The quantitative estimate of drug-likeness (QED) is 0.549.